The summed E-state index contributed by atoms with van der Waals surface area (Å²) in [5.41, 5.74) is 0.175. The minimum Gasteiger partial charge on any atom is -0.259 e. The van der Waals surface area contributed by atoms with Crippen molar-refractivity contribution in [3.63, 3.8) is 0 Å². The number of aromatic nitrogens is 3. The van der Waals surface area contributed by atoms with Crippen LogP contribution in [0.5, 0.6) is 0 Å². The first kappa shape index (κ1) is 13.8. The summed E-state index contributed by atoms with van der Waals surface area (Å²) in [7, 11) is 0. The van der Waals surface area contributed by atoms with E-state index in [0.29, 0.717) is 5.52 Å². The summed E-state index contributed by atoms with van der Waals surface area (Å²) < 4.78 is 26.6. The predicted molar refractivity (Wildman–Crippen MR) is 67.7 cm³/mol. The summed E-state index contributed by atoms with van der Waals surface area (Å²) in [5.74, 6) is 0.0526. The van der Waals surface area contributed by atoms with Gasteiger partial charge in [0.2, 0.25) is 5.70 Å². The van der Waals surface area contributed by atoms with Crippen molar-refractivity contribution in [2.45, 2.75) is 13.3 Å². The molecule has 0 aromatic carbocycles. The van der Waals surface area contributed by atoms with Gasteiger partial charge in [0, 0.05) is 18.6 Å². The Labute approximate surface area is 112 Å². The molecular weight excluding hydrogens is 270 g/mol. The largest absolute Gasteiger partial charge is 0.280 e. The molecule has 0 aliphatic heterocycles. The Hall–Kier alpha value is -2.64. The van der Waals surface area contributed by atoms with Crippen molar-refractivity contribution >= 4 is 11.1 Å². The Balaban J connectivity index is 2.46. The van der Waals surface area contributed by atoms with E-state index in [0.717, 1.165) is 4.52 Å². The Kier molecular flexibility index (Phi) is 3.55. The molecule has 2 rings (SSSR count). The van der Waals surface area contributed by atoms with Gasteiger partial charge in [-0.3, -0.25) is 10.1 Å². The maximum Gasteiger partial charge on any atom is 0.280 e. The lowest BCUT2D eigenvalue weighted by Gasteiger charge is -2.03. The fourth-order valence-corrected chi connectivity index (χ4v) is 1.60. The summed E-state index contributed by atoms with van der Waals surface area (Å²) in [5, 5.41) is 14.5. The van der Waals surface area contributed by atoms with Gasteiger partial charge in [0.1, 0.15) is 5.69 Å². The lowest BCUT2D eigenvalue weighted by Crippen LogP contribution is -2.04. The average molecular weight is 280 g/mol. The molecule has 2 heterocycles. The van der Waals surface area contributed by atoms with Crippen LogP contribution in [0, 0.1) is 10.1 Å². The fourth-order valence-electron chi connectivity index (χ4n) is 1.60. The molecule has 0 saturated heterocycles. The maximum atomic E-state index is 12.8. The molecule has 0 aliphatic rings. The number of hydrogen-bond donors (Lipinski definition) is 0. The van der Waals surface area contributed by atoms with E-state index in [-0.39, 0.29) is 22.8 Å². The topological polar surface area (TPSA) is 73.3 Å². The van der Waals surface area contributed by atoms with Crippen molar-refractivity contribution in [3.05, 3.63) is 58.3 Å². The first-order valence-corrected chi connectivity index (χ1v) is 5.55. The lowest BCUT2D eigenvalue weighted by molar-refractivity contribution is -0.424. The number of rotatable bonds is 4. The molecule has 0 atom stereocenters. The number of nitro groups is 1. The Morgan fingerprint density at radius 1 is 1.55 bits per heavy atom. The van der Waals surface area contributed by atoms with Crippen molar-refractivity contribution in [1.29, 1.82) is 0 Å². The zero-order valence-electron chi connectivity index (χ0n) is 10.5. The van der Waals surface area contributed by atoms with Gasteiger partial charge in [-0.05, 0) is 12.1 Å². The second-order valence-corrected chi connectivity index (χ2v) is 4.05. The molecule has 8 heteroatoms. The van der Waals surface area contributed by atoms with Gasteiger partial charge in [-0.15, -0.1) is 5.10 Å². The van der Waals surface area contributed by atoms with E-state index < -0.39 is 11.3 Å². The molecule has 6 nitrogen and oxygen atoms in total. The molecule has 0 bridgehead atoms. The number of hydrogen-bond acceptors (Lipinski definition) is 4. The number of nitrogens with zero attached hydrogens (tertiary/aromatic N) is 4. The second kappa shape index (κ2) is 5.16. The van der Waals surface area contributed by atoms with Crippen molar-refractivity contribution in [3.8, 4) is 0 Å². The Bertz CT molecular complexity index is 721. The Morgan fingerprint density at radius 3 is 2.85 bits per heavy atom. The molecule has 0 radical (unpaired) electrons. The summed E-state index contributed by atoms with van der Waals surface area (Å²) >= 11 is 0. The zero-order chi connectivity index (χ0) is 14.9. The third-order valence-electron chi connectivity index (χ3n) is 2.61. The third kappa shape index (κ3) is 2.53. The van der Waals surface area contributed by atoms with Gasteiger partial charge in [-0.2, -0.15) is 0 Å². The normalized spacial score (nSPS) is 12.1. The smallest absolute Gasteiger partial charge is 0.259 e. The molecule has 2 aromatic heterocycles. The summed E-state index contributed by atoms with van der Waals surface area (Å²) in [6.45, 7) is 4.90. The predicted octanol–water partition coefficient (Wildman–Crippen LogP) is 2.86. The third-order valence-corrected chi connectivity index (χ3v) is 2.61. The monoisotopic (exact) mass is 280 g/mol. The molecule has 104 valence electrons. The Morgan fingerprint density at radius 2 is 2.25 bits per heavy atom. The van der Waals surface area contributed by atoms with Crippen molar-refractivity contribution < 1.29 is 13.7 Å². The minimum atomic E-state index is -2.68. The molecule has 2 aromatic rings. The van der Waals surface area contributed by atoms with Gasteiger partial charge in [-0.25, -0.2) is 18.3 Å². The summed E-state index contributed by atoms with van der Waals surface area (Å²) in [6, 6.07) is 2.71. The summed E-state index contributed by atoms with van der Waals surface area (Å²) in [4.78, 5) is 13.9. The van der Waals surface area contributed by atoms with Crippen molar-refractivity contribution in [1.82, 2.24) is 14.6 Å². The van der Waals surface area contributed by atoms with Gasteiger partial charge >= 0.3 is 0 Å². The zero-order valence-corrected chi connectivity index (χ0v) is 10.5. The van der Waals surface area contributed by atoms with Crippen LogP contribution in [0.25, 0.3) is 11.1 Å². The van der Waals surface area contributed by atoms with E-state index in [1.54, 1.807) is 0 Å². The standard InChI is InChI=1S/C12H10F2N4O2/c1-7(5-8(2)18(19)20)12-15-6-9-3-4-10(11(13)14)17(9)16-12/h3-6,11H,1H2,2H3/b8-5+. The van der Waals surface area contributed by atoms with Crippen LogP contribution >= 0.6 is 0 Å². The van der Waals surface area contributed by atoms with Crippen LogP contribution in [-0.2, 0) is 0 Å². The van der Waals surface area contributed by atoms with Crippen LogP contribution in [0.4, 0.5) is 8.78 Å². The number of fused-ring (bicyclic) bond motifs is 1. The average Bonchev–Trinajstić information content (AvgIpc) is 2.81. The highest BCUT2D eigenvalue weighted by Gasteiger charge is 2.15. The highest BCUT2D eigenvalue weighted by atomic mass is 19.3. The fraction of sp³-hybridized carbons (Fsp3) is 0.167. The lowest BCUT2D eigenvalue weighted by atomic mass is 10.2. The van der Waals surface area contributed by atoms with Crippen molar-refractivity contribution in [2.24, 2.45) is 0 Å². The molecular formula is C12H10F2N4O2. The minimum absolute atomic E-state index is 0.0526. The summed E-state index contributed by atoms with van der Waals surface area (Å²) in [6.07, 6.45) is -0.133. The van der Waals surface area contributed by atoms with Crippen LogP contribution < -0.4 is 0 Å². The number of alkyl halides is 2. The van der Waals surface area contributed by atoms with Gasteiger partial charge in [0.25, 0.3) is 6.43 Å². The first-order valence-electron chi connectivity index (χ1n) is 5.55. The van der Waals surface area contributed by atoms with Gasteiger partial charge < -0.3 is 0 Å². The number of allylic oxidation sites excluding steroid dienone is 3. The van der Waals surface area contributed by atoms with Gasteiger partial charge in [0.05, 0.1) is 16.6 Å². The van der Waals surface area contributed by atoms with E-state index >= 15 is 0 Å². The van der Waals surface area contributed by atoms with E-state index in [4.69, 9.17) is 0 Å². The van der Waals surface area contributed by atoms with Crippen LogP contribution in [-0.4, -0.2) is 19.5 Å². The first-order chi connectivity index (χ1) is 9.40. The van der Waals surface area contributed by atoms with E-state index in [1.807, 2.05) is 0 Å². The highest BCUT2D eigenvalue weighted by molar-refractivity contribution is 5.67. The molecule has 0 N–H and O–H groups in total. The van der Waals surface area contributed by atoms with Gasteiger partial charge in [0.15, 0.2) is 5.82 Å². The maximum absolute atomic E-state index is 12.8. The molecule has 0 saturated carbocycles. The highest BCUT2D eigenvalue weighted by Crippen LogP contribution is 2.21. The van der Waals surface area contributed by atoms with Crippen LogP contribution in [0.15, 0.2) is 36.7 Å². The molecule has 0 aliphatic carbocycles. The van der Waals surface area contributed by atoms with Crippen LogP contribution in [0.1, 0.15) is 24.9 Å². The van der Waals surface area contributed by atoms with Gasteiger partial charge in [-0.1, -0.05) is 6.58 Å². The van der Waals surface area contributed by atoms with E-state index in [2.05, 4.69) is 16.7 Å². The molecule has 20 heavy (non-hydrogen) atoms. The molecule has 0 fully saturated rings. The van der Waals surface area contributed by atoms with E-state index in [1.165, 1.54) is 31.3 Å². The molecule has 0 spiro atoms. The number of halogens is 2. The SMILES string of the molecule is C=C(/C=C(\C)[N+](=O)[O-])c1ncc2ccc(C(F)F)n2n1. The van der Waals surface area contributed by atoms with Crippen LogP contribution in [0.2, 0.25) is 0 Å². The van der Waals surface area contributed by atoms with Crippen molar-refractivity contribution in [2.75, 3.05) is 0 Å². The quantitative estimate of drug-likeness (QED) is 0.490. The van der Waals surface area contributed by atoms with E-state index in [9.17, 15) is 18.9 Å². The molecule has 0 amide bonds. The second-order valence-electron chi connectivity index (χ2n) is 4.05. The molecule has 0 unspecified atom stereocenters. The van der Waals surface area contributed by atoms with Crippen LogP contribution in [0.3, 0.4) is 0 Å².